The van der Waals surface area contributed by atoms with Gasteiger partial charge in [-0.05, 0) is 54.4 Å². The number of hydrogen-bond acceptors (Lipinski definition) is 6. The largest absolute Gasteiger partial charge is 0.481 e. The number of fused-ring (bicyclic) bond motifs is 8. The molecule has 1 aliphatic rings. The number of aliphatic carboxylic acids is 1. The third-order valence-electron chi connectivity index (χ3n) is 10.1. The van der Waals surface area contributed by atoms with Crippen molar-refractivity contribution in [3.8, 4) is 23.0 Å². The fourth-order valence-electron chi connectivity index (χ4n) is 7.28. The summed E-state index contributed by atoms with van der Waals surface area (Å²) in [7, 11) is 3.62. The number of pyridine rings is 1. The summed E-state index contributed by atoms with van der Waals surface area (Å²) in [5.74, 6) is -0.538. The van der Waals surface area contributed by atoms with E-state index in [1.807, 2.05) is 43.5 Å². The van der Waals surface area contributed by atoms with Crippen LogP contribution in [-0.2, 0) is 34.9 Å². The van der Waals surface area contributed by atoms with Crippen LogP contribution in [0.5, 0.6) is 11.5 Å². The Kier molecular flexibility index (Phi) is 9.83. The molecule has 0 aliphatic carbocycles. The zero-order chi connectivity index (χ0) is 36.5. The predicted molar refractivity (Wildman–Crippen MR) is 194 cm³/mol. The van der Waals surface area contributed by atoms with Gasteiger partial charge in [0.15, 0.2) is 23.2 Å². The van der Waals surface area contributed by atoms with E-state index in [9.17, 15) is 14.7 Å². The highest BCUT2D eigenvalue weighted by Gasteiger charge is 2.37. The van der Waals surface area contributed by atoms with Gasteiger partial charge in [-0.15, -0.1) is 6.58 Å². The minimum absolute atomic E-state index is 0.0381. The minimum Gasteiger partial charge on any atom is -0.481 e. The number of aromatic nitrogens is 5. The molecule has 4 bridgehead atoms. The van der Waals surface area contributed by atoms with E-state index in [0.717, 1.165) is 29.4 Å². The van der Waals surface area contributed by atoms with Crippen molar-refractivity contribution in [2.45, 2.75) is 64.7 Å². The molecule has 0 saturated heterocycles. The molecule has 10 nitrogen and oxygen atoms in total. The minimum atomic E-state index is -0.852. The summed E-state index contributed by atoms with van der Waals surface area (Å²) in [4.78, 5) is 39.8. The number of allylic oxidation sites excluding steroid dienone is 1. The van der Waals surface area contributed by atoms with Crippen molar-refractivity contribution in [2.75, 3.05) is 13.6 Å². The Morgan fingerprint density at radius 1 is 1.16 bits per heavy atom. The summed E-state index contributed by atoms with van der Waals surface area (Å²) < 4.78 is 23.7. The first-order chi connectivity index (χ1) is 24.3. The van der Waals surface area contributed by atoms with E-state index in [1.165, 1.54) is 6.07 Å². The number of H-pyrrole nitrogens is 1. The van der Waals surface area contributed by atoms with Crippen molar-refractivity contribution >= 4 is 22.8 Å². The molecular weight excluding hydrogens is 647 g/mol. The fourth-order valence-corrected chi connectivity index (χ4v) is 7.28. The Morgan fingerprint density at radius 3 is 2.73 bits per heavy atom. The Hall–Kier alpha value is -5.32. The van der Waals surface area contributed by atoms with Crippen molar-refractivity contribution in [2.24, 2.45) is 18.4 Å². The number of amides is 1. The molecule has 3 aromatic heterocycles. The van der Waals surface area contributed by atoms with Gasteiger partial charge in [-0.25, -0.2) is 14.1 Å². The van der Waals surface area contributed by atoms with Crippen LogP contribution >= 0.6 is 0 Å². The van der Waals surface area contributed by atoms with Gasteiger partial charge in [-0.1, -0.05) is 57.5 Å². The normalized spacial score (nSPS) is 18.9. The summed E-state index contributed by atoms with van der Waals surface area (Å²) in [5.41, 5.74) is 2.48. The topological polar surface area (TPSA) is 126 Å². The molecule has 0 radical (unpaired) electrons. The van der Waals surface area contributed by atoms with E-state index < -0.39 is 23.1 Å². The first-order valence-corrected chi connectivity index (χ1v) is 17.3. The van der Waals surface area contributed by atoms with Gasteiger partial charge < -0.3 is 19.7 Å². The van der Waals surface area contributed by atoms with E-state index >= 15 is 4.39 Å². The second-order valence-electron chi connectivity index (χ2n) is 14.6. The number of carboxylic acids is 1. The highest BCUT2D eigenvalue weighted by molar-refractivity contribution is 5.86. The smallest absolute Gasteiger partial charge is 0.306 e. The molecule has 0 fully saturated rings. The van der Waals surface area contributed by atoms with Crippen LogP contribution in [0.1, 0.15) is 69.0 Å². The lowest BCUT2D eigenvalue weighted by atomic mass is 9.73. The van der Waals surface area contributed by atoms with Crippen molar-refractivity contribution in [1.82, 2.24) is 29.6 Å². The maximum absolute atomic E-state index is 15.7. The van der Waals surface area contributed by atoms with Crippen LogP contribution in [0, 0.1) is 17.2 Å². The fraction of sp³-hybridized carbons (Fsp3) is 0.375. The summed E-state index contributed by atoms with van der Waals surface area (Å²) in [5, 5.41) is 15.3. The number of aryl methyl sites for hydroxylation is 2. The molecule has 6 rings (SSSR count). The average molecular weight is 693 g/mol. The molecule has 1 amide bonds. The van der Waals surface area contributed by atoms with Crippen LogP contribution < -0.4 is 4.74 Å². The van der Waals surface area contributed by atoms with Crippen LogP contribution in [0.15, 0.2) is 73.6 Å². The van der Waals surface area contributed by atoms with Gasteiger partial charge >= 0.3 is 5.97 Å². The summed E-state index contributed by atoms with van der Waals surface area (Å²) in [6, 6.07) is 14.6. The van der Waals surface area contributed by atoms with E-state index in [-0.39, 0.29) is 23.5 Å². The molecule has 0 unspecified atom stereocenters. The predicted octanol–water partition coefficient (Wildman–Crippen LogP) is 7.63. The molecule has 2 atom stereocenters. The lowest BCUT2D eigenvalue weighted by molar-refractivity contribution is -0.141. The number of halogens is 1. The molecule has 2 aromatic carbocycles. The lowest BCUT2D eigenvalue weighted by Gasteiger charge is -2.33. The highest BCUT2D eigenvalue weighted by Crippen LogP contribution is 2.41. The molecule has 266 valence electrons. The molecule has 51 heavy (non-hydrogen) atoms. The maximum Gasteiger partial charge on any atom is 0.306 e. The number of benzene rings is 2. The average Bonchev–Trinajstić information content (AvgIpc) is 3.72. The summed E-state index contributed by atoms with van der Waals surface area (Å²) in [6.07, 6.45) is 8.26. The number of carbonyl (C=O) groups excluding carboxylic acids is 1. The Morgan fingerprint density at radius 2 is 1.96 bits per heavy atom. The third kappa shape index (κ3) is 7.29. The molecular formula is C40H45FN6O4. The number of hydrogen-bond donors (Lipinski definition) is 2. The quantitative estimate of drug-likeness (QED) is 0.182. The number of aromatic amines is 1. The Labute approximate surface area is 297 Å². The third-order valence-corrected chi connectivity index (χ3v) is 10.1. The molecule has 0 spiro atoms. The van der Waals surface area contributed by atoms with Crippen LogP contribution in [0.3, 0.4) is 0 Å². The molecule has 0 saturated carbocycles. The second kappa shape index (κ2) is 14.1. The van der Waals surface area contributed by atoms with E-state index in [4.69, 9.17) is 14.8 Å². The van der Waals surface area contributed by atoms with E-state index in [1.54, 1.807) is 48.1 Å². The van der Waals surface area contributed by atoms with Gasteiger partial charge in [0.1, 0.15) is 11.4 Å². The van der Waals surface area contributed by atoms with Gasteiger partial charge in [0.2, 0.25) is 5.91 Å². The second-order valence-corrected chi connectivity index (χ2v) is 14.6. The standard InChI is InChI=1S/C40H45FN6O4/c1-7-40(27-11-8-10-26(21-27)20-25(2)37(49)50)17-9-16-39(3,4)24-46(5)34(48)13-12-30-29-15-19-42-32(29)23-31(41)35(30)51-28-14-18-43-33(22-28)36-44-38(40)45-47(36)6/h7-8,10-11,14-15,18-19,21-23,25,42H,1,9,12-13,16-17,20,24H2,2-6H3,(H,49,50)/t25-,40+/m0/s1. The highest BCUT2D eigenvalue weighted by atomic mass is 19.1. The van der Waals surface area contributed by atoms with Gasteiger partial charge in [0.25, 0.3) is 0 Å². The molecule has 11 heteroatoms. The number of carboxylic acid groups (broad SMARTS) is 1. The molecule has 1 aliphatic heterocycles. The molecule has 2 N–H and O–H groups in total. The van der Waals surface area contributed by atoms with Crippen molar-refractivity contribution in [3.05, 3.63) is 102 Å². The first-order valence-electron chi connectivity index (χ1n) is 17.3. The molecule has 5 aromatic rings. The van der Waals surface area contributed by atoms with Gasteiger partial charge in [0, 0.05) is 68.1 Å². The number of ether oxygens (including phenoxy) is 1. The van der Waals surface area contributed by atoms with Crippen molar-refractivity contribution in [1.29, 1.82) is 0 Å². The van der Waals surface area contributed by atoms with Gasteiger partial charge in [-0.3, -0.25) is 14.6 Å². The van der Waals surface area contributed by atoms with Crippen LogP contribution in [0.25, 0.3) is 22.4 Å². The first kappa shape index (κ1) is 35.5. The number of nitrogens with zero attached hydrogens (tertiary/aromatic N) is 5. The van der Waals surface area contributed by atoms with Crippen molar-refractivity contribution < 1.29 is 23.8 Å². The SMILES string of the molecule is C=C[C@]1(c2cccc(C[C@H](C)C(=O)O)c2)CCCC(C)(C)CN(C)C(=O)CCc2c(c(F)cc3[nH]ccc23)Oc2ccnc(c2)-c2nc1nn2C. The molecule has 4 heterocycles. The number of carbonyl (C=O) groups is 2. The van der Waals surface area contributed by atoms with Gasteiger partial charge in [-0.2, -0.15) is 5.10 Å². The van der Waals surface area contributed by atoms with E-state index in [2.05, 4.69) is 30.4 Å². The number of nitrogens with one attached hydrogen (secondary N) is 1. The van der Waals surface area contributed by atoms with Crippen molar-refractivity contribution in [3.63, 3.8) is 0 Å². The van der Waals surface area contributed by atoms with Crippen LogP contribution in [0.4, 0.5) is 4.39 Å². The summed E-state index contributed by atoms with van der Waals surface area (Å²) in [6.45, 7) is 10.8. The maximum atomic E-state index is 15.7. The monoisotopic (exact) mass is 692 g/mol. The Balaban J connectivity index is 1.48. The van der Waals surface area contributed by atoms with Crippen LogP contribution in [-0.4, -0.2) is 60.2 Å². The van der Waals surface area contributed by atoms with E-state index in [0.29, 0.717) is 60.0 Å². The Bertz CT molecular complexity index is 2100. The zero-order valence-corrected chi connectivity index (χ0v) is 29.9. The number of rotatable bonds is 5. The summed E-state index contributed by atoms with van der Waals surface area (Å²) >= 11 is 0. The van der Waals surface area contributed by atoms with Crippen LogP contribution in [0.2, 0.25) is 0 Å². The lowest BCUT2D eigenvalue weighted by Crippen LogP contribution is -2.36. The zero-order valence-electron chi connectivity index (χ0n) is 29.9. The van der Waals surface area contributed by atoms with Gasteiger partial charge in [0.05, 0.1) is 11.3 Å².